The number of non-ortho nitro benzene ring substituents is 8. The van der Waals surface area contributed by atoms with Crippen molar-refractivity contribution in [3.8, 4) is 0 Å². The van der Waals surface area contributed by atoms with Crippen molar-refractivity contribution in [3.05, 3.63) is 275 Å². The van der Waals surface area contributed by atoms with Gasteiger partial charge in [-0.15, -0.1) is 0 Å². The first-order valence-electron chi connectivity index (χ1n) is 26.2. The minimum Gasteiger partial charge on any atom is -0.366 e. The van der Waals surface area contributed by atoms with Crippen LogP contribution >= 0.6 is 0 Å². The summed E-state index contributed by atoms with van der Waals surface area (Å²) in [6, 6.07) is 33.8. The molecule has 0 saturated carbocycles. The van der Waals surface area contributed by atoms with Crippen LogP contribution in [0.1, 0.15) is 0 Å². The fourth-order valence-electron chi connectivity index (χ4n) is 10.3. The quantitative estimate of drug-likeness (QED) is 0.0760. The Hall–Kier alpha value is -9.78. The molecule has 6 aliphatic rings. The predicted octanol–water partition coefficient (Wildman–Crippen LogP) is 2.29. The summed E-state index contributed by atoms with van der Waals surface area (Å²) in [6.45, 7) is 0. The van der Waals surface area contributed by atoms with E-state index in [0.29, 0.717) is 0 Å². The summed E-state index contributed by atoms with van der Waals surface area (Å²) in [5, 5.41) is 97.7. The number of hydrogen-bond donors (Lipinski definition) is 0. The molecule has 6 heterocycles. The van der Waals surface area contributed by atoms with Crippen LogP contribution in [0.2, 0.25) is 0 Å². The molecule has 0 aromatic heterocycles. The summed E-state index contributed by atoms with van der Waals surface area (Å²) in [5.41, 5.74) is -4.35. The highest BCUT2D eigenvalue weighted by Crippen LogP contribution is 2.49. The number of nitro benzene ring substituents is 8. The normalized spacial score (nSPS) is 27.7. The topological polar surface area (TPSA) is 456 Å². The molecule has 36 nitrogen and oxygen atoms in total. The zero-order chi connectivity index (χ0) is 65.0. The summed E-state index contributed by atoms with van der Waals surface area (Å²) >= 11 is 0. The van der Waals surface area contributed by atoms with E-state index in [9.17, 15) is 80.9 Å². The van der Waals surface area contributed by atoms with E-state index in [1.54, 1.807) is 0 Å². The first-order valence-corrected chi connectivity index (χ1v) is 40.0. The monoisotopic (exact) mass is 1390 g/mol. The fraction of sp³-hybridized carbons (Fsp3) is 0. The van der Waals surface area contributed by atoms with Crippen LogP contribution in [0.15, 0.2) is 194 Å². The molecule has 92 heavy (non-hydrogen) atoms. The largest absolute Gasteiger partial charge is 0.515 e. The lowest BCUT2D eigenvalue weighted by atomic mass is 10.3. The van der Waals surface area contributed by atoms with Crippen LogP contribution in [-0.2, 0) is 49.4 Å². The van der Waals surface area contributed by atoms with Crippen LogP contribution in [0.4, 0.5) is 45.5 Å². The molecule has 0 unspecified atom stereocenters. The lowest BCUT2D eigenvalue weighted by Crippen LogP contribution is -2.96. The van der Waals surface area contributed by atoms with E-state index in [0.717, 1.165) is 194 Å². The Labute approximate surface area is 518 Å². The molecule has 0 radical (unpaired) electrons. The molecule has 8 aromatic carbocycles. The van der Waals surface area contributed by atoms with Crippen molar-refractivity contribution in [2.24, 2.45) is 0 Å². The highest BCUT2D eigenvalue weighted by Gasteiger charge is 2.86. The van der Waals surface area contributed by atoms with Gasteiger partial charge in [0.05, 0.1) is 39.4 Å². The van der Waals surface area contributed by atoms with Crippen molar-refractivity contribution in [2.45, 2.75) is 0 Å². The van der Waals surface area contributed by atoms with E-state index in [1.807, 2.05) is 0 Å². The minimum absolute atomic E-state index is 0.309. The number of nitrogens with zero attached hydrogens (tertiary/aromatic N) is 8. The summed E-state index contributed by atoms with van der Waals surface area (Å²) < 4.78 is 92.6. The van der Waals surface area contributed by atoms with Crippen LogP contribution in [-0.4, -0.2) is 110 Å². The van der Waals surface area contributed by atoms with Gasteiger partial charge < -0.3 is 49.4 Å². The molecule has 6 saturated heterocycles. The molecule has 6 fully saturated rings. The summed E-state index contributed by atoms with van der Waals surface area (Å²) in [7, 11) is -47.5. The summed E-state index contributed by atoms with van der Waals surface area (Å²) in [5.74, 6) is 0. The predicted molar refractivity (Wildman–Crippen MR) is 321 cm³/mol. The van der Waals surface area contributed by atoms with Crippen LogP contribution in [0.3, 0.4) is 0 Å². The summed E-state index contributed by atoms with van der Waals surface area (Å²) in [6.07, 6.45) is 0. The molecule has 8 aromatic rings. The van der Waals surface area contributed by atoms with Crippen molar-refractivity contribution in [1.82, 2.24) is 0 Å². The van der Waals surface area contributed by atoms with Crippen LogP contribution in [0.25, 0.3) is 0 Å². The highest BCUT2D eigenvalue weighted by atomic mass is 28.6. The van der Waals surface area contributed by atoms with Gasteiger partial charge in [-0.1, -0.05) is 0 Å². The molecule has 0 aliphatic carbocycles. The second kappa shape index (κ2) is 22.0. The number of benzene rings is 8. The second-order valence-electron chi connectivity index (χ2n) is 20.1. The SMILES string of the molecule is O=[N+]([O-])c1ccc([Si]23O[Si]4(c5ccc([N+](=O)[O-])cc5)O[Si]5(c6ccc([N+](=O)[O-])cc6)O[Si](c6ccc([N+](=O)[O-])cc6)(O2)O[Si]2(c6ccc([N+](=O)[O-])cc6)O[Si](c6ccc([N+](=O)[O-])cc6)(O3)O[Si](c3ccc([N+](=O)[O-])cc3)(O4)O[Si](c3ccc([N+](=O)[O-])cc3)(O5)O2)cc1. The van der Waals surface area contributed by atoms with Gasteiger partial charge in [0, 0.05) is 139 Å². The molecule has 464 valence electrons. The minimum atomic E-state index is -5.94. The van der Waals surface area contributed by atoms with Crippen molar-refractivity contribution < 1.29 is 88.8 Å². The standard InChI is InChI=1S/C48H32N8O28Si8/c57-49(58)33-1-17-41(18-2-33)85-73-86(42-19-3-34(4-20-42)50(59)60)76-89(45-25-9-37(10-26-45)53(65)66)78-87(74-85,43-21-5-35(6-22-43)51(61)62)80-91(47-29-13-39(14-30-47)55(69)70)81-88(75-85,44-23-7-36(8-24-44)52(63)64)79-90(77-86,46-27-11-38(12-28-46)54(67)68)83-92(82-89,84-91)48-31-15-40(16-32-48)56(71)72/h1-32H. The molecular weight excluding hydrogens is 1360 g/mol. The van der Waals surface area contributed by atoms with Crippen molar-refractivity contribution in [3.63, 3.8) is 0 Å². The van der Waals surface area contributed by atoms with Gasteiger partial charge >= 0.3 is 70.4 Å². The smallest absolute Gasteiger partial charge is 0.366 e. The first kappa shape index (κ1) is 61.1. The third-order valence-electron chi connectivity index (χ3n) is 14.7. The van der Waals surface area contributed by atoms with Gasteiger partial charge in [0.25, 0.3) is 45.5 Å². The van der Waals surface area contributed by atoms with Gasteiger partial charge in [0.2, 0.25) is 0 Å². The van der Waals surface area contributed by atoms with E-state index in [2.05, 4.69) is 0 Å². The molecular formula is C48H32N8O28Si8. The van der Waals surface area contributed by atoms with E-state index >= 15 is 0 Å². The van der Waals surface area contributed by atoms with Crippen LogP contribution in [0, 0.1) is 80.9 Å². The molecule has 0 atom stereocenters. The Morgan fingerprint density at radius 1 is 0.163 bits per heavy atom. The molecule has 44 heteroatoms. The van der Waals surface area contributed by atoms with Crippen molar-refractivity contribution in [1.29, 1.82) is 0 Å². The summed E-state index contributed by atoms with van der Waals surface area (Å²) in [4.78, 5) is 94.1. The van der Waals surface area contributed by atoms with Gasteiger partial charge in [-0.05, 0) is 97.1 Å². The van der Waals surface area contributed by atoms with Gasteiger partial charge in [-0.3, -0.25) is 80.9 Å². The molecule has 0 spiro atoms. The third-order valence-corrected chi connectivity index (χ3v) is 48.8. The van der Waals surface area contributed by atoms with Crippen LogP contribution in [0.5, 0.6) is 0 Å². The van der Waals surface area contributed by atoms with Gasteiger partial charge in [0.1, 0.15) is 0 Å². The Balaban J connectivity index is 1.27. The molecule has 0 N–H and O–H groups in total. The van der Waals surface area contributed by atoms with E-state index in [1.165, 1.54) is 0 Å². The number of rotatable bonds is 16. The Morgan fingerprint density at radius 3 is 0.304 bits per heavy atom. The van der Waals surface area contributed by atoms with Gasteiger partial charge in [0.15, 0.2) is 0 Å². The average molecular weight is 1390 g/mol. The Bertz CT molecular complexity index is 3510. The van der Waals surface area contributed by atoms with Crippen molar-refractivity contribution >= 4 is 157 Å². The van der Waals surface area contributed by atoms with E-state index in [-0.39, 0.29) is 41.5 Å². The number of nitro groups is 8. The van der Waals surface area contributed by atoms with Gasteiger partial charge in [-0.2, -0.15) is 0 Å². The maximum absolute atomic E-state index is 12.5. The highest BCUT2D eigenvalue weighted by molar-refractivity contribution is 7.14. The van der Waals surface area contributed by atoms with Crippen LogP contribution < -0.4 is 41.5 Å². The molecule has 8 bridgehead atoms. The maximum Gasteiger partial charge on any atom is 0.515 e. The molecule has 14 rings (SSSR count). The zero-order valence-corrected chi connectivity index (χ0v) is 53.5. The maximum atomic E-state index is 12.5. The Kier molecular flexibility index (Phi) is 14.6. The molecule has 6 aliphatic heterocycles. The zero-order valence-electron chi connectivity index (χ0n) is 45.5. The molecule has 0 amide bonds. The number of hydrogen-bond acceptors (Lipinski definition) is 28. The fourth-order valence-corrected chi connectivity index (χ4v) is 56.2. The van der Waals surface area contributed by atoms with Gasteiger partial charge in [-0.25, -0.2) is 0 Å². The first-order chi connectivity index (χ1) is 43.8. The Morgan fingerprint density at radius 2 is 0.239 bits per heavy atom. The van der Waals surface area contributed by atoms with E-state index in [4.69, 9.17) is 49.4 Å². The lowest BCUT2D eigenvalue weighted by molar-refractivity contribution is -0.385. The second-order valence-corrected chi connectivity index (χ2v) is 43.4. The van der Waals surface area contributed by atoms with E-state index < -0.39 is 155 Å². The average Bonchev–Trinajstić information content (AvgIpc) is 0.666. The third kappa shape index (κ3) is 10.2. The lowest BCUT2D eigenvalue weighted by Gasteiger charge is -2.62. The van der Waals surface area contributed by atoms with Crippen molar-refractivity contribution in [2.75, 3.05) is 0 Å².